The summed E-state index contributed by atoms with van der Waals surface area (Å²) in [7, 11) is 1.73. The summed E-state index contributed by atoms with van der Waals surface area (Å²) in [6, 6.07) is 9.00. The number of nitrogens with zero attached hydrogens (tertiary/aromatic N) is 2. The molecule has 1 aromatic carbocycles. The quantitative estimate of drug-likeness (QED) is 0.872. The van der Waals surface area contributed by atoms with Crippen LogP contribution in [0.3, 0.4) is 0 Å². The van der Waals surface area contributed by atoms with Crippen molar-refractivity contribution in [2.24, 2.45) is 7.05 Å². The van der Waals surface area contributed by atoms with Gasteiger partial charge < -0.3 is 10.1 Å². The Labute approximate surface area is 122 Å². The molecule has 6 nitrogen and oxygen atoms in total. The molecule has 1 heterocycles. The average molecular weight is 287 g/mol. The van der Waals surface area contributed by atoms with Crippen LogP contribution in [0.5, 0.6) is 0 Å². The second-order valence-electron chi connectivity index (χ2n) is 4.67. The number of esters is 1. The third kappa shape index (κ3) is 3.47. The van der Waals surface area contributed by atoms with Gasteiger partial charge >= 0.3 is 5.97 Å². The Balaban J connectivity index is 1.97. The van der Waals surface area contributed by atoms with E-state index in [1.165, 1.54) is 13.1 Å². The van der Waals surface area contributed by atoms with Crippen molar-refractivity contribution in [2.45, 2.75) is 20.0 Å². The Morgan fingerprint density at radius 1 is 1.29 bits per heavy atom. The van der Waals surface area contributed by atoms with Crippen LogP contribution < -0.4 is 5.32 Å². The van der Waals surface area contributed by atoms with Crippen LogP contribution in [0.4, 0.5) is 5.69 Å². The number of nitrogens with one attached hydrogen (secondary N) is 1. The normalized spacial score (nSPS) is 11.8. The van der Waals surface area contributed by atoms with Gasteiger partial charge in [-0.3, -0.25) is 9.48 Å². The maximum absolute atomic E-state index is 12.0. The average Bonchev–Trinajstić information content (AvgIpc) is 2.80. The number of ether oxygens (including phenoxy) is 1. The summed E-state index contributed by atoms with van der Waals surface area (Å²) in [5.41, 5.74) is 1.70. The third-order valence-electron chi connectivity index (χ3n) is 3.15. The Morgan fingerprint density at radius 2 is 1.95 bits per heavy atom. The summed E-state index contributed by atoms with van der Waals surface area (Å²) >= 11 is 0. The first-order valence-electron chi connectivity index (χ1n) is 6.54. The van der Waals surface area contributed by atoms with E-state index in [0.717, 1.165) is 0 Å². The lowest BCUT2D eigenvalue weighted by molar-refractivity contribution is -0.123. The van der Waals surface area contributed by atoms with Crippen molar-refractivity contribution in [3.8, 4) is 0 Å². The number of carbonyl (C=O) groups is 2. The molecule has 0 fully saturated rings. The van der Waals surface area contributed by atoms with Crippen LogP contribution in [-0.4, -0.2) is 27.8 Å². The Morgan fingerprint density at radius 3 is 2.52 bits per heavy atom. The second kappa shape index (κ2) is 6.21. The number of benzene rings is 1. The molecule has 0 aliphatic carbocycles. The monoisotopic (exact) mass is 287 g/mol. The summed E-state index contributed by atoms with van der Waals surface area (Å²) in [6.07, 6.45) is 0.539. The van der Waals surface area contributed by atoms with Crippen LogP contribution in [0.2, 0.25) is 0 Å². The lowest BCUT2D eigenvalue weighted by atomic mass is 10.2. The fraction of sp³-hybridized carbons (Fsp3) is 0.267. The molecular formula is C15H17N3O3. The van der Waals surface area contributed by atoms with Crippen LogP contribution in [0.1, 0.15) is 23.0 Å². The van der Waals surface area contributed by atoms with Gasteiger partial charge in [0.15, 0.2) is 6.10 Å². The van der Waals surface area contributed by atoms with Crippen molar-refractivity contribution < 1.29 is 14.3 Å². The van der Waals surface area contributed by atoms with Gasteiger partial charge in [0.05, 0.1) is 6.20 Å². The molecule has 2 aromatic rings. The molecule has 6 heteroatoms. The molecule has 1 unspecified atom stereocenters. The number of rotatable bonds is 4. The fourth-order valence-electron chi connectivity index (χ4n) is 1.74. The van der Waals surface area contributed by atoms with Crippen molar-refractivity contribution in [2.75, 3.05) is 5.32 Å². The predicted molar refractivity (Wildman–Crippen MR) is 77.9 cm³/mol. The lowest BCUT2D eigenvalue weighted by Gasteiger charge is -2.13. The van der Waals surface area contributed by atoms with Crippen molar-refractivity contribution in [1.82, 2.24) is 9.78 Å². The molecule has 110 valence electrons. The molecular weight excluding hydrogens is 270 g/mol. The Kier molecular flexibility index (Phi) is 4.37. The molecule has 0 radical (unpaired) electrons. The van der Waals surface area contributed by atoms with Crippen LogP contribution in [0, 0.1) is 6.92 Å². The number of aryl methyl sites for hydroxylation is 1. The zero-order chi connectivity index (χ0) is 15.4. The van der Waals surface area contributed by atoms with E-state index in [-0.39, 0.29) is 5.91 Å². The van der Waals surface area contributed by atoms with E-state index in [1.54, 1.807) is 30.8 Å². The van der Waals surface area contributed by atoms with E-state index < -0.39 is 12.1 Å². The minimum Gasteiger partial charge on any atom is -0.449 e. The minimum absolute atomic E-state index is 0.358. The van der Waals surface area contributed by atoms with Crippen molar-refractivity contribution in [1.29, 1.82) is 0 Å². The summed E-state index contributed by atoms with van der Waals surface area (Å²) in [6.45, 7) is 3.29. The molecule has 0 bridgehead atoms. The van der Waals surface area contributed by atoms with Gasteiger partial charge in [-0.05, 0) is 26.0 Å². The maximum atomic E-state index is 12.0. The SMILES string of the molecule is Cc1c(C(=O)OC(C)C(=O)Nc2ccccc2)cnn1C. The van der Waals surface area contributed by atoms with Crippen LogP contribution in [0.15, 0.2) is 36.5 Å². The lowest BCUT2D eigenvalue weighted by Crippen LogP contribution is -2.30. The minimum atomic E-state index is -0.891. The second-order valence-corrected chi connectivity index (χ2v) is 4.67. The van der Waals surface area contributed by atoms with Crippen molar-refractivity contribution >= 4 is 17.6 Å². The molecule has 0 spiro atoms. The maximum Gasteiger partial charge on any atom is 0.342 e. The van der Waals surface area contributed by atoms with Gasteiger partial charge in [0.2, 0.25) is 0 Å². The summed E-state index contributed by atoms with van der Waals surface area (Å²) < 4.78 is 6.73. The highest BCUT2D eigenvalue weighted by atomic mass is 16.5. The highest BCUT2D eigenvalue weighted by molar-refractivity contribution is 5.97. The number of hydrogen-bond acceptors (Lipinski definition) is 4. The first-order chi connectivity index (χ1) is 9.99. The first kappa shape index (κ1) is 14.8. The molecule has 0 saturated heterocycles. The first-order valence-corrected chi connectivity index (χ1v) is 6.54. The molecule has 0 saturated carbocycles. The summed E-state index contributed by atoms with van der Waals surface area (Å²) in [4.78, 5) is 24.0. The summed E-state index contributed by atoms with van der Waals surface area (Å²) in [5, 5.41) is 6.65. The number of hydrogen-bond donors (Lipinski definition) is 1. The van der Waals surface area contributed by atoms with Gasteiger partial charge in [-0.25, -0.2) is 4.79 Å². The van der Waals surface area contributed by atoms with Crippen molar-refractivity contribution in [3.05, 3.63) is 47.8 Å². The third-order valence-corrected chi connectivity index (χ3v) is 3.15. The van der Waals surface area contributed by atoms with E-state index in [9.17, 15) is 9.59 Å². The van der Waals surface area contributed by atoms with Crippen LogP contribution >= 0.6 is 0 Å². The standard InChI is InChI=1S/C15H17N3O3/c1-10-13(9-16-18(10)3)15(20)21-11(2)14(19)17-12-7-5-4-6-8-12/h4-9,11H,1-3H3,(H,17,19). The van der Waals surface area contributed by atoms with Gasteiger partial charge in [-0.2, -0.15) is 5.10 Å². The predicted octanol–water partition coefficient (Wildman–Crippen LogP) is 1.91. The summed E-state index contributed by atoms with van der Waals surface area (Å²) in [5.74, 6) is -0.938. The zero-order valence-electron chi connectivity index (χ0n) is 12.2. The molecule has 1 N–H and O–H groups in total. The largest absolute Gasteiger partial charge is 0.449 e. The fourth-order valence-corrected chi connectivity index (χ4v) is 1.74. The number of amides is 1. The highest BCUT2D eigenvalue weighted by Crippen LogP contribution is 2.11. The number of carbonyl (C=O) groups excluding carboxylic acids is 2. The topological polar surface area (TPSA) is 73.2 Å². The highest BCUT2D eigenvalue weighted by Gasteiger charge is 2.21. The van der Waals surface area contributed by atoms with E-state index >= 15 is 0 Å². The number of para-hydroxylation sites is 1. The van der Waals surface area contributed by atoms with Gasteiger partial charge in [0.1, 0.15) is 5.56 Å². The zero-order valence-corrected chi connectivity index (χ0v) is 12.2. The Bertz CT molecular complexity index is 649. The molecule has 0 aliphatic heterocycles. The molecule has 21 heavy (non-hydrogen) atoms. The molecule has 2 rings (SSSR count). The van der Waals surface area contributed by atoms with Crippen LogP contribution in [0.25, 0.3) is 0 Å². The van der Waals surface area contributed by atoms with Gasteiger partial charge in [0, 0.05) is 18.4 Å². The molecule has 1 amide bonds. The molecule has 0 aliphatic rings. The Hall–Kier alpha value is -2.63. The van der Waals surface area contributed by atoms with E-state index in [0.29, 0.717) is 16.9 Å². The van der Waals surface area contributed by atoms with E-state index in [4.69, 9.17) is 4.74 Å². The number of aromatic nitrogens is 2. The van der Waals surface area contributed by atoms with Gasteiger partial charge in [-0.15, -0.1) is 0 Å². The smallest absolute Gasteiger partial charge is 0.342 e. The van der Waals surface area contributed by atoms with E-state index in [2.05, 4.69) is 10.4 Å². The van der Waals surface area contributed by atoms with Crippen molar-refractivity contribution in [3.63, 3.8) is 0 Å². The van der Waals surface area contributed by atoms with Gasteiger partial charge in [-0.1, -0.05) is 18.2 Å². The molecule has 1 atom stereocenters. The van der Waals surface area contributed by atoms with E-state index in [1.807, 2.05) is 18.2 Å². The van der Waals surface area contributed by atoms with Crippen LogP contribution in [-0.2, 0) is 16.6 Å². The van der Waals surface area contributed by atoms with Gasteiger partial charge in [0.25, 0.3) is 5.91 Å². The number of anilines is 1. The molecule has 1 aromatic heterocycles.